The van der Waals surface area contributed by atoms with Gasteiger partial charge in [0.05, 0.1) is 0 Å². The van der Waals surface area contributed by atoms with E-state index in [0.717, 1.165) is 12.8 Å². The minimum Gasteiger partial charge on any atom is -0.367 e. The molecule has 1 aliphatic rings. The van der Waals surface area contributed by atoms with Gasteiger partial charge in [-0.3, -0.25) is 4.79 Å². The zero-order valence-electron chi connectivity index (χ0n) is 14.5. The summed E-state index contributed by atoms with van der Waals surface area (Å²) in [5.74, 6) is 0.425. The van der Waals surface area contributed by atoms with Gasteiger partial charge in [-0.2, -0.15) is 0 Å². The van der Waals surface area contributed by atoms with Gasteiger partial charge in [-0.15, -0.1) is 0 Å². The number of hydrogen-bond acceptors (Lipinski definition) is 3. The number of nitrogens with two attached hydrogens (primary N) is 1. The number of benzene rings is 1. The van der Waals surface area contributed by atoms with Gasteiger partial charge in [-0.05, 0) is 37.0 Å². The molecule has 5 heteroatoms. The van der Waals surface area contributed by atoms with E-state index in [1.54, 1.807) is 12.1 Å². The Kier molecular flexibility index (Phi) is 8.03. The third-order valence-electron chi connectivity index (χ3n) is 4.57. The lowest BCUT2D eigenvalue weighted by Gasteiger charge is -2.29. The molecular weight excluding hydrogens is 324 g/mol. The third kappa shape index (κ3) is 6.08. The van der Waals surface area contributed by atoms with E-state index in [0.29, 0.717) is 23.2 Å². The average molecular weight is 353 g/mol. The monoisotopic (exact) mass is 352 g/mol. The van der Waals surface area contributed by atoms with Crippen LogP contribution in [0.3, 0.4) is 0 Å². The summed E-state index contributed by atoms with van der Waals surface area (Å²) in [6, 6.07) is 6.84. The van der Waals surface area contributed by atoms with Crippen LogP contribution in [0, 0.1) is 5.92 Å². The van der Waals surface area contributed by atoms with Gasteiger partial charge in [-0.1, -0.05) is 56.7 Å². The summed E-state index contributed by atoms with van der Waals surface area (Å²) in [4.78, 5) is 12.7. The maximum absolute atomic E-state index is 12.7. The maximum atomic E-state index is 12.7. The van der Waals surface area contributed by atoms with E-state index in [1.165, 1.54) is 32.1 Å². The fraction of sp³-hybridized carbons (Fsp3) is 0.632. The van der Waals surface area contributed by atoms with Gasteiger partial charge >= 0.3 is 0 Å². The van der Waals surface area contributed by atoms with Gasteiger partial charge in [0.25, 0.3) is 5.91 Å². The van der Waals surface area contributed by atoms with E-state index >= 15 is 0 Å². The molecule has 2 rings (SSSR count). The quantitative estimate of drug-likeness (QED) is 0.730. The van der Waals surface area contributed by atoms with Gasteiger partial charge in [-0.25, -0.2) is 0 Å². The maximum Gasteiger partial charge on any atom is 0.255 e. The Morgan fingerprint density at radius 3 is 2.79 bits per heavy atom. The molecule has 0 bridgehead atoms. The Balaban J connectivity index is 1.98. The van der Waals surface area contributed by atoms with Gasteiger partial charge in [0.15, 0.2) is 6.10 Å². The van der Waals surface area contributed by atoms with E-state index in [4.69, 9.17) is 22.1 Å². The van der Waals surface area contributed by atoms with Crippen molar-refractivity contribution in [1.29, 1.82) is 0 Å². The van der Waals surface area contributed by atoms with Gasteiger partial charge in [0.1, 0.15) is 0 Å². The molecule has 1 aromatic rings. The third-order valence-corrected chi connectivity index (χ3v) is 4.81. The first-order valence-electron chi connectivity index (χ1n) is 9.03. The van der Waals surface area contributed by atoms with Crippen molar-refractivity contribution in [2.45, 2.75) is 64.0 Å². The average Bonchev–Trinajstić information content (AvgIpc) is 2.56. The predicted octanol–water partition coefficient (Wildman–Crippen LogP) is 4.37. The van der Waals surface area contributed by atoms with Crippen molar-refractivity contribution in [3.8, 4) is 0 Å². The first-order chi connectivity index (χ1) is 11.6. The van der Waals surface area contributed by atoms with Gasteiger partial charge < -0.3 is 15.8 Å². The van der Waals surface area contributed by atoms with Crippen molar-refractivity contribution in [2.75, 3.05) is 11.9 Å². The number of carbonyl (C=O) groups excluding carboxylic acids is 1. The lowest BCUT2D eigenvalue weighted by Crippen LogP contribution is -2.46. The number of hydrogen-bond donors (Lipinski definition) is 2. The summed E-state index contributed by atoms with van der Waals surface area (Å²) >= 11 is 5.98. The van der Waals surface area contributed by atoms with Gasteiger partial charge in [0, 0.05) is 23.4 Å². The number of anilines is 1. The molecule has 2 atom stereocenters. The molecule has 1 aliphatic carbocycles. The molecule has 134 valence electrons. The van der Waals surface area contributed by atoms with Crippen LogP contribution < -0.4 is 11.1 Å². The molecule has 0 heterocycles. The number of nitrogens with one attached hydrogen (secondary N) is 1. The number of amides is 1. The Morgan fingerprint density at radius 1 is 1.38 bits per heavy atom. The summed E-state index contributed by atoms with van der Waals surface area (Å²) < 4.78 is 5.79. The lowest BCUT2D eigenvalue weighted by molar-refractivity contribution is -0.129. The zero-order valence-corrected chi connectivity index (χ0v) is 15.2. The Morgan fingerprint density at radius 2 is 2.12 bits per heavy atom. The molecule has 1 fully saturated rings. The molecule has 0 radical (unpaired) electrons. The molecular formula is C19H29ClN2O2. The standard InChI is InChI=1S/C19H29ClN2O2/c1-2-11-24-18(17(21)12-14-7-4-3-5-8-14)19(23)22-16-10-6-9-15(20)13-16/h6,9-10,13-14,17-18H,2-5,7-8,11-12,21H2,1H3,(H,22,23)/t17-,18?/m1/s1. The number of carbonyl (C=O) groups is 1. The Bertz CT molecular complexity index is 518. The largest absolute Gasteiger partial charge is 0.367 e. The van der Waals surface area contributed by atoms with Crippen molar-refractivity contribution in [3.05, 3.63) is 29.3 Å². The van der Waals surface area contributed by atoms with Crippen LogP contribution in [0.4, 0.5) is 5.69 Å². The topological polar surface area (TPSA) is 64.3 Å². The van der Waals surface area contributed by atoms with Crippen LogP contribution in [-0.2, 0) is 9.53 Å². The summed E-state index contributed by atoms with van der Waals surface area (Å²) in [5.41, 5.74) is 7.03. The molecule has 1 aromatic carbocycles. The second-order valence-corrected chi connectivity index (χ2v) is 7.13. The van der Waals surface area contributed by atoms with E-state index < -0.39 is 6.10 Å². The molecule has 1 saturated carbocycles. The SMILES string of the molecule is CCCOC(C(=O)Nc1cccc(Cl)c1)[C@H](N)CC1CCCCC1. The first kappa shape index (κ1) is 19.2. The van der Waals surface area contributed by atoms with Crippen molar-refractivity contribution in [3.63, 3.8) is 0 Å². The molecule has 0 saturated heterocycles. The van der Waals surface area contributed by atoms with Crippen molar-refractivity contribution in [2.24, 2.45) is 11.7 Å². The highest BCUT2D eigenvalue weighted by atomic mass is 35.5. The van der Waals surface area contributed by atoms with Crippen molar-refractivity contribution in [1.82, 2.24) is 0 Å². The summed E-state index contributed by atoms with van der Waals surface area (Å²) in [6.45, 7) is 2.56. The molecule has 0 aliphatic heterocycles. The minimum atomic E-state index is -0.620. The number of rotatable bonds is 8. The van der Waals surface area contributed by atoms with E-state index in [2.05, 4.69) is 5.32 Å². The van der Waals surface area contributed by atoms with Gasteiger partial charge in [0.2, 0.25) is 0 Å². The zero-order chi connectivity index (χ0) is 17.4. The van der Waals surface area contributed by atoms with Crippen LogP contribution in [0.2, 0.25) is 5.02 Å². The molecule has 1 amide bonds. The first-order valence-corrected chi connectivity index (χ1v) is 9.41. The van der Waals surface area contributed by atoms with Crippen molar-refractivity contribution < 1.29 is 9.53 Å². The van der Waals surface area contributed by atoms with Crippen LogP contribution in [0.25, 0.3) is 0 Å². The van der Waals surface area contributed by atoms with Crippen molar-refractivity contribution >= 4 is 23.2 Å². The second-order valence-electron chi connectivity index (χ2n) is 6.69. The van der Waals surface area contributed by atoms with Crippen LogP contribution >= 0.6 is 11.6 Å². The van der Waals surface area contributed by atoms with Crippen LogP contribution in [-0.4, -0.2) is 24.7 Å². The molecule has 24 heavy (non-hydrogen) atoms. The smallest absolute Gasteiger partial charge is 0.255 e. The summed E-state index contributed by atoms with van der Waals surface area (Å²) in [6.07, 6.45) is 7.37. The normalized spacial score (nSPS) is 18.1. The van der Waals surface area contributed by atoms with E-state index in [-0.39, 0.29) is 11.9 Å². The summed E-state index contributed by atoms with van der Waals surface area (Å²) in [5, 5.41) is 3.47. The van der Waals surface area contributed by atoms with Crippen LogP contribution in [0.15, 0.2) is 24.3 Å². The molecule has 3 N–H and O–H groups in total. The second kappa shape index (κ2) is 10.0. The predicted molar refractivity (Wildman–Crippen MR) is 99.3 cm³/mol. The molecule has 1 unspecified atom stereocenters. The fourth-order valence-corrected chi connectivity index (χ4v) is 3.54. The number of halogens is 1. The highest BCUT2D eigenvalue weighted by Gasteiger charge is 2.29. The molecule has 0 aromatic heterocycles. The summed E-state index contributed by atoms with van der Waals surface area (Å²) in [7, 11) is 0. The molecule has 0 spiro atoms. The minimum absolute atomic E-state index is 0.186. The Hall–Kier alpha value is -1.10. The lowest BCUT2D eigenvalue weighted by atomic mass is 9.84. The van der Waals surface area contributed by atoms with Crippen LogP contribution in [0.1, 0.15) is 51.9 Å². The fourth-order valence-electron chi connectivity index (χ4n) is 3.35. The van der Waals surface area contributed by atoms with E-state index in [9.17, 15) is 4.79 Å². The highest BCUT2D eigenvalue weighted by Crippen LogP contribution is 2.28. The van der Waals surface area contributed by atoms with Crippen LogP contribution in [0.5, 0.6) is 0 Å². The molecule has 4 nitrogen and oxygen atoms in total. The number of ether oxygens (including phenoxy) is 1. The van der Waals surface area contributed by atoms with E-state index in [1.807, 2.05) is 19.1 Å². The highest BCUT2D eigenvalue weighted by molar-refractivity contribution is 6.30. The Labute approximate surface area is 150 Å².